The molecule has 0 aliphatic rings. The summed E-state index contributed by atoms with van der Waals surface area (Å²) >= 11 is 5.74. The van der Waals surface area contributed by atoms with Crippen molar-refractivity contribution >= 4 is 11.6 Å². The van der Waals surface area contributed by atoms with Gasteiger partial charge in [-0.05, 0) is 41.8 Å². The lowest BCUT2D eigenvalue weighted by Gasteiger charge is -2.12. The lowest BCUT2D eigenvalue weighted by Crippen LogP contribution is -2.02. The largest absolute Gasteiger partial charge is 0.494 e. The van der Waals surface area contributed by atoms with Gasteiger partial charge in [0.15, 0.2) is 0 Å². The van der Waals surface area contributed by atoms with Crippen LogP contribution in [0.4, 0.5) is 4.39 Å². The van der Waals surface area contributed by atoms with Crippen molar-refractivity contribution in [3.63, 3.8) is 0 Å². The standard InChI is InChI=1S/C17H18ClFO2/c1-2-9-21-14-6-4-13(5-7-14)17(20)11-12-3-8-16(19)15(18)10-12/h3-8,10,17,20H,2,9,11H2,1H3. The first kappa shape index (κ1) is 15.8. The molecular weight excluding hydrogens is 291 g/mol. The summed E-state index contributed by atoms with van der Waals surface area (Å²) in [6.07, 6.45) is 0.678. The van der Waals surface area contributed by atoms with Gasteiger partial charge in [0.2, 0.25) is 0 Å². The van der Waals surface area contributed by atoms with Gasteiger partial charge in [0.1, 0.15) is 11.6 Å². The molecule has 4 heteroatoms. The Morgan fingerprint density at radius 2 is 1.90 bits per heavy atom. The van der Waals surface area contributed by atoms with Crippen LogP contribution >= 0.6 is 11.6 Å². The van der Waals surface area contributed by atoms with E-state index in [-0.39, 0.29) is 5.02 Å². The van der Waals surface area contributed by atoms with E-state index in [1.807, 2.05) is 31.2 Å². The predicted octanol–water partition coefficient (Wildman–Crippen LogP) is 4.54. The van der Waals surface area contributed by atoms with Gasteiger partial charge in [-0.2, -0.15) is 0 Å². The zero-order valence-electron chi connectivity index (χ0n) is 11.9. The van der Waals surface area contributed by atoms with Gasteiger partial charge >= 0.3 is 0 Å². The molecule has 0 radical (unpaired) electrons. The Morgan fingerprint density at radius 1 is 1.19 bits per heavy atom. The molecule has 0 spiro atoms. The SMILES string of the molecule is CCCOc1ccc(C(O)Cc2ccc(F)c(Cl)c2)cc1. The van der Waals surface area contributed by atoms with Crippen LogP contribution in [-0.4, -0.2) is 11.7 Å². The number of aliphatic hydroxyl groups is 1. The van der Waals surface area contributed by atoms with Gasteiger partial charge < -0.3 is 9.84 Å². The number of hydrogen-bond donors (Lipinski definition) is 1. The predicted molar refractivity (Wildman–Crippen MR) is 82.3 cm³/mol. The summed E-state index contributed by atoms with van der Waals surface area (Å²) in [6, 6.07) is 11.8. The van der Waals surface area contributed by atoms with E-state index in [9.17, 15) is 9.50 Å². The maximum atomic E-state index is 13.1. The molecule has 0 amide bonds. The second kappa shape index (κ2) is 7.43. The summed E-state index contributed by atoms with van der Waals surface area (Å²) < 4.78 is 18.6. The molecule has 2 aromatic rings. The van der Waals surface area contributed by atoms with E-state index in [0.717, 1.165) is 23.3 Å². The van der Waals surface area contributed by atoms with Gasteiger partial charge in [-0.25, -0.2) is 4.39 Å². The fourth-order valence-electron chi connectivity index (χ4n) is 2.01. The second-order valence-corrected chi connectivity index (χ2v) is 5.29. The molecule has 0 heterocycles. The molecule has 2 aromatic carbocycles. The zero-order valence-corrected chi connectivity index (χ0v) is 12.6. The van der Waals surface area contributed by atoms with E-state index in [1.165, 1.54) is 6.07 Å². The van der Waals surface area contributed by atoms with Crippen molar-refractivity contribution in [3.05, 3.63) is 64.4 Å². The maximum absolute atomic E-state index is 13.1. The quantitative estimate of drug-likeness (QED) is 0.848. The van der Waals surface area contributed by atoms with Gasteiger partial charge in [-0.3, -0.25) is 0 Å². The second-order valence-electron chi connectivity index (χ2n) is 4.89. The molecule has 1 N–H and O–H groups in total. The summed E-state index contributed by atoms with van der Waals surface area (Å²) in [4.78, 5) is 0. The van der Waals surface area contributed by atoms with Crippen molar-refractivity contribution in [1.82, 2.24) is 0 Å². The first-order valence-corrected chi connectivity index (χ1v) is 7.32. The Bertz CT molecular complexity index is 584. The Hall–Kier alpha value is -1.58. The third-order valence-electron chi connectivity index (χ3n) is 3.15. The van der Waals surface area contributed by atoms with Crippen LogP contribution in [0.5, 0.6) is 5.75 Å². The summed E-state index contributed by atoms with van der Waals surface area (Å²) in [5, 5.41) is 10.3. The Labute approximate surface area is 129 Å². The average Bonchev–Trinajstić information content (AvgIpc) is 2.49. The van der Waals surface area contributed by atoms with Crippen LogP contribution < -0.4 is 4.74 Å². The van der Waals surface area contributed by atoms with Crippen molar-refractivity contribution in [3.8, 4) is 5.75 Å². The highest BCUT2D eigenvalue weighted by Gasteiger charge is 2.10. The number of halogens is 2. The van der Waals surface area contributed by atoms with Crippen LogP contribution in [0.25, 0.3) is 0 Å². The molecular formula is C17H18ClFO2. The fourth-order valence-corrected chi connectivity index (χ4v) is 2.22. The molecule has 1 atom stereocenters. The van der Waals surface area contributed by atoms with Crippen molar-refractivity contribution in [1.29, 1.82) is 0 Å². The number of ether oxygens (including phenoxy) is 1. The molecule has 112 valence electrons. The molecule has 2 rings (SSSR count). The highest BCUT2D eigenvalue weighted by atomic mass is 35.5. The lowest BCUT2D eigenvalue weighted by molar-refractivity contribution is 0.178. The van der Waals surface area contributed by atoms with Gasteiger partial charge in [-0.15, -0.1) is 0 Å². The highest BCUT2D eigenvalue weighted by molar-refractivity contribution is 6.30. The van der Waals surface area contributed by atoms with Crippen LogP contribution in [0.1, 0.15) is 30.6 Å². The maximum Gasteiger partial charge on any atom is 0.141 e. The van der Waals surface area contributed by atoms with Crippen LogP contribution in [0.3, 0.4) is 0 Å². The zero-order chi connectivity index (χ0) is 15.2. The summed E-state index contributed by atoms with van der Waals surface area (Å²) in [5.41, 5.74) is 1.58. The molecule has 0 saturated carbocycles. The van der Waals surface area contributed by atoms with E-state index in [2.05, 4.69) is 0 Å². The topological polar surface area (TPSA) is 29.5 Å². The number of hydrogen-bond acceptors (Lipinski definition) is 2. The minimum atomic E-state index is -0.660. The third kappa shape index (κ3) is 4.45. The minimum absolute atomic E-state index is 0.0722. The molecule has 0 aliphatic carbocycles. The van der Waals surface area contributed by atoms with Gasteiger partial charge in [0.25, 0.3) is 0 Å². The number of aliphatic hydroxyl groups excluding tert-OH is 1. The molecule has 21 heavy (non-hydrogen) atoms. The van der Waals surface area contributed by atoms with E-state index < -0.39 is 11.9 Å². The first-order valence-electron chi connectivity index (χ1n) is 6.95. The van der Waals surface area contributed by atoms with Crippen LogP contribution in [0.2, 0.25) is 5.02 Å². The molecule has 0 bridgehead atoms. The van der Waals surface area contributed by atoms with E-state index >= 15 is 0 Å². The van der Waals surface area contributed by atoms with Crippen molar-refractivity contribution in [2.24, 2.45) is 0 Å². The molecule has 1 unspecified atom stereocenters. The minimum Gasteiger partial charge on any atom is -0.494 e. The third-order valence-corrected chi connectivity index (χ3v) is 3.44. The smallest absolute Gasteiger partial charge is 0.141 e. The summed E-state index contributed by atoms with van der Waals surface area (Å²) in [6.45, 7) is 2.72. The highest BCUT2D eigenvalue weighted by Crippen LogP contribution is 2.23. The molecule has 0 aromatic heterocycles. The normalized spacial score (nSPS) is 12.2. The lowest BCUT2D eigenvalue weighted by atomic mass is 10.0. The summed E-state index contributed by atoms with van der Waals surface area (Å²) in [5.74, 6) is 0.338. The monoisotopic (exact) mass is 308 g/mol. The van der Waals surface area contributed by atoms with Gasteiger partial charge in [0, 0.05) is 6.42 Å². The van der Waals surface area contributed by atoms with Crippen molar-refractivity contribution in [2.75, 3.05) is 6.61 Å². The Morgan fingerprint density at radius 3 is 2.52 bits per heavy atom. The molecule has 0 saturated heterocycles. The first-order chi connectivity index (χ1) is 10.1. The van der Waals surface area contributed by atoms with E-state index in [1.54, 1.807) is 12.1 Å². The van der Waals surface area contributed by atoms with Gasteiger partial charge in [0.05, 0.1) is 17.7 Å². The Balaban J connectivity index is 2.02. The van der Waals surface area contributed by atoms with Crippen molar-refractivity contribution < 1.29 is 14.2 Å². The molecule has 0 fully saturated rings. The van der Waals surface area contributed by atoms with E-state index in [0.29, 0.717) is 13.0 Å². The average molecular weight is 309 g/mol. The van der Waals surface area contributed by atoms with Crippen LogP contribution in [0.15, 0.2) is 42.5 Å². The van der Waals surface area contributed by atoms with E-state index in [4.69, 9.17) is 16.3 Å². The van der Waals surface area contributed by atoms with Crippen LogP contribution in [-0.2, 0) is 6.42 Å². The van der Waals surface area contributed by atoms with Gasteiger partial charge in [-0.1, -0.05) is 36.7 Å². The number of rotatable bonds is 6. The van der Waals surface area contributed by atoms with Crippen LogP contribution in [0, 0.1) is 5.82 Å². The molecule has 0 aliphatic heterocycles. The Kier molecular flexibility index (Phi) is 5.59. The molecule has 2 nitrogen and oxygen atoms in total. The summed E-state index contributed by atoms with van der Waals surface area (Å²) in [7, 11) is 0. The number of benzene rings is 2. The fraction of sp³-hybridized carbons (Fsp3) is 0.294. The van der Waals surface area contributed by atoms with Crippen molar-refractivity contribution in [2.45, 2.75) is 25.9 Å².